The molecule has 0 fully saturated rings. The first-order chi connectivity index (χ1) is 22.0. The Morgan fingerprint density at radius 2 is 0.739 bits per heavy atom. The van der Waals surface area contributed by atoms with Crippen molar-refractivity contribution in [2.24, 2.45) is 17.8 Å². The fourth-order valence-corrected chi connectivity index (χ4v) is 6.20. The SMILES string of the molecule is CCCCCCCCCC/C=C/CCCCCCCCCCCC[N+](CCC(C)C(=O)O)(CCC(C)C(=O)O)CCC(C)C(=O)O. The van der Waals surface area contributed by atoms with Gasteiger partial charge in [-0.2, -0.15) is 0 Å². The van der Waals surface area contributed by atoms with E-state index in [1.807, 2.05) is 0 Å². The van der Waals surface area contributed by atoms with Gasteiger partial charge >= 0.3 is 17.9 Å². The van der Waals surface area contributed by atoms with Crippen LogP contribution >= 0.6 is 0 Å². The second-order valence-corrected chi connectivity index (χ2v) is 14.4. The van der Waals surface area contributed by atoms with E-state index in [1.165, 1.54) is 116 Å². The molecule has 3 N–H and O–H groups in total. The number of hydrogen-bond donors (Lipinski definition) is 3. The third kappa shape index (κ3) is 25.2. The summed E-state index contributed by atoms with van der Waals surface area (Å²) in [7, 11) is 0. The van der Waals surface area contributed by atoms with E-state index in [0.717, 1.165) is 19.4 Å². The second kappa shape index (κ2) is 29.3. The first-order valence-corrected chi connectivity index (χ1v) is 19.2. The van der Waals surface area contributed by atoms with Gasteiger partial charge in [0, 0.05) is 19.3 Å². The molecular formula is C39H74NO6+. The maximum atomic E-state index is 11.5. The molecule has 0 aromatic heterocycles. The minimum atomic E-state index is -0.822. The molecule has 0 aliphatic rings. The number of rotatable bonds is 34. The molecule has 270 valence electrons. The Morgan fingerprint density at radius 3 is 1.04 bits per heavy atom. The summed E-state index contributed by atoms with van der Waals surface area (Å²) in [5, 5.41) is 28.4. The van der Waals surface area contributed by atoms with E-state index in [0.29, 0.717) is 43.4 Å². The van der Waals surface area contributed by atoms with Crippen molar-refractivity contribution in [3.05, 3.63) is 12.2 Å². The Labute approximate surface area is 283 Å². The number of carboxylic acids is 3. The number of hydrogen-bond acceptors (Lipinski definition) is 3. The van der Waals surface area contributed by atoms with E-state index >= 15 is 0 Å². The average molecular weight is 653 g/mol. The summed E-state index contributed by atoms with van der Waals surface area (Å²) in [4.78, 5) is 34.6. The van der Waals surface area contributed by atoms with Crippen LogP contribution in [0.2, 0.25) is 0 Å². The highest BCUT2D eigenvalue weighted by atomic mass is 16.4. The average Bonchev–Trinajstić information content (AvgIpc) is 3.03. The molecule has 0 heterocycles. The zero-order valence-corrected chi connectivity index (χ0v) is 30.5. The van der Waals surface area contributed by atoms with Gasteiger partial charge in [0.1, 0.15) is 0 Å². The van der Waals surface area contributed by atoms with Crippen LogP contribution in [0.4, 0.5) is 0 Å². The molecule has 7 nitrogen and oxygen atoms in total. The van der Waals surface area contributed by atoms with Crippen molar-refractivity contribution in [3.8, 4) is 0 Å². The molecule has 3 unspecified atom stereocenters. The van der Waals surface area contributed by atoms with Crippen molar-refractivity contribution in [1.29, 1.82) is 0 Å². The van der Waals surface area contributed by atoms with E-state index < -0.39 is 35.7 Å². The highest BCUT2D eigenvalue weighted by Gasteiger charge is 2.31. The van der Waals surface area contributed by atoms with Crippen LogP contribution in [0.1, 0.15) is 175 Å². The predicted octanol–water partition coefficient (Wildman–Crippen LogP) is 10.5. The summed E-state index contributed by atoms with van der Waals surface area (Å²) in [6.07, 6.45) is 32.2. The van der Waals surface area contributed by atoms with E-state index in [9.17, 15) is 29.7 Å². The van der Waals surface area contributed by atoms with Gasteiger partial charge in [-0.3, -0.25) is 14.4 Å². The Bertz CT molecular complexity index is 738. The molecule has 46 heavy (non-hydrogen) atoms. The number of allylic oxidation sites excluding steroid dienone is 2. The molecule has 7 heteroatoms. The van der Waals surface area contributed by atoms with Crippen molar-refractivity contribution in [2.75, 3.05) is 26.2 Å². The van der Waals surface area contributed by atoms with E-state index in [-0.39, 0.29) is 0 Å². The predicted molar refractivity (Wildman–Crippen MR) is 191 cm³/mol. The van der Waals surface area contributed by atoms with Crippen LogP contribution in [0.3, 0.4) is 0 Å². The first kappa shape index (κ1) is 44.1. The molecule has 0 saturated heterocycles. The quantitative estimate of drug-likeness (QED) is 0.0362. The van der Waals surface area contributed by atoms with Crippen LogP contribution in [-0.4, -0.2) is 63.9 Å². The number of carbonyl (C=O) groups is 3. The maximum Gasteiger partial charge on any atom is 0.306 e. The third-order valence-electron chi connectivity index (χ3n) is 10.0. The summed E-state index contributed by atoms with van der Waals surface area (Å²) in [5.41, 5.74) is 0. The number of nitrogens with zero attached hydrogens (tertiary/aromatic N) is 1. The molecular weight excluding hydrogens is 578 g/mol. The second-order valence-electron chi connectivity index (χ2n) is 14.4. The summed E-state index contributed by atoms with van der Waals surface area (Å²) in [6.45, 7) is 10.2. The highest BCUT2D eigenvalue weighted by Crippen LogP contribution is 2.22. The Morgan fingerprint density at radius 1 is 0.457 bits per heavy atom. The normalized spacial score (nSPS) is 15.0. The van der Waals surface area contributed by atoms with Crippen LogP contribution in [0, 0.1) is 17.8 Å². The monoisotopic (exact) mass is 653 g/mol. The molecule has 0 saturated carbocycles. The van der Waals surface area contributed by atoms with Gasteiger partial charge in [-0.15, -0.1) is 0 Å². The molecule has 0 amide bonds. The number of quaternary nitrogens is 1. The van der Waals surface area contributed by atoms with Crippen molar-refractivity contribution in [2.45, 2.75) is 175 Å². The molecule has 0 aliphatic heterocycles. The molecule has 0 aliphatic carbocycles. The lowest BCUT2D eigenvalue weighted by Gasteiger charge is -2.40. The lowest BCUT2D eigenvalue weighted by Crippen LogP contribution is -2.52. The van der Waals surface area contributed by atoms with Crippen molar-refractivity contribution in [3.63, 3.8) is 0 Å². The summed E-state index contributed by atoms with van der Waals surface area (Å²) >= 11 is 0. The van der Waals surface area contributed by atoms with Gasteiger partial charge in [0.2, 0.25) is 0 Å². The van der Waals surface area contributed by atoms with Crippen molar-refractivity contribution >= 4 is 17.9 Å². The van der Waals surface area contributed by atoms with Crippen LogP contribution in [0.15, 0.2) is 12.2 Å². The Kier molecular flexibility index (Phi) is 28.1. The summed E-state index contributed by atoms with van der Waals surface area (Å²) < 4.78 is 0.612. The highest BCUT2D eigenvalue weighted by molar-refractivity contribution is 5.70. The van der Waals surface area contributed by atoms with Crippen molar-refractivity contribution in [1.82, 2.24) is 0 Å². The fraction of sp³-hybridized carbons (Fsp3) is 0.872. The Balaban J connectivity index is 4.30. The lowest BCUT2D eigenvalue weighted by molar-refractivity contribution is -0.929. The molecule has 0 aromatic rings. The number of aliphatic carboxylic acids is 3. The largest absolute Gasteiger partial charge is 0.481 e. The Hall–Kier alpha value is -1.89. The molecule has 0 radical (unpaired) electrons. The van der Waals surface area contributed by atoms with Gasteiger partial charge in [0.25, 0.3) is 0 Å². The lowest BCUT2D eigenvalue weighted by atomic mass is 10.0. The van der Waals surface area contributed by atoms with E-state index in [1.54, 1.807) is 20.8 Å². The first-order valence-electron chi connectivity index (χ1n) is 19.2. The zero-order valence-electron chi connectivity index (χ0n) is 30.5. The molecule has 0 spiro atoms. The number of carboxylic acid groups (broad SMARTS) is 3. The standard InChI is InChI=1S/C39H73NO6/c1-5-6-7-8-9-10-11-12-13-14-15-16-17-18-19-20-21-22-23-24-25-26-30-40(31-27-34(2)37(41)42,32-28-35(3)38(43)44)33-29-36(4)39(45)46/h14-15,34-36H,5-13,16-33H2,1-4H3,(H2-,41,42,43,44,45,46)/p+1/b15-14+. The minimum Gasteiger partial charge on any atom is -0.481 e. The van der Waals surface area contributed by atoms with Crippen LogP contribution in [0.5, 0.6) is 0 Å². The zero-order chi connectivity index (χ0) is 34.5. The molecule has 0 bridgehead atoms. The van der Waals surface area contributed by atoms with Gasteiger partial charge in [0.15, 0.2) is 0 Å². The smallest absolute Gasteiger partial charge is 0.306 e. The maximum absolute atomic E-state index is 11.5. The van der Waals surface area contributed by atoms with Crippen molar-refractivity contribution < 1.29 is 34.2 Å². The molecule has 0 aromatic carbocycles. The van der Waals surface area contributed by atoms with Crippen LogP contribution < -0.4 is 0 Å². The van der Waals surface area contributed by atoms with Gasteiger partial charge in [-0.1, -0.05) is 130 Å². The summed E-state index contributed by atoms with van der Waals surface area (Å²) in [5.74, 6) is -3.90. The van der Waals surface area contributed by atoms with Gasteiger partial charge in [-0.05, 0) is 38.5 Å². The summed E-state index contributed by atoms with van der Waals surface area (Å²) in [6, 6.07) is 0. The molecule has 3 atom stereocenters. The minimum absolute atomic E-state index is 0.479. The third-order valence-corrected chi connectivity index (χ3v) is 10.0. The van der Waals surface area contributed by atoms with Crippen LogP contribution in [-0.2, 0) is 14.4 Å². The topological polar surface area (TPSA) is 112 Å². The van der Waals surface area contributed by atoms with Gasteiger partial charge < -0.3 is 19.8 Å². The number of unbranched alkanes of at least 4 members (excludes halogenated alkanes) is 18. The van der Waals surface area contributed by atoms with E-state index in [2.05, 4.69) is 19.1 Å². The molecule has 0 rings (SSSR count). The van der Waals surface area contributed by atoms with Gasteiger partial charge in [0.05, 0.1) is 43.9 Å². The van der Waals surface area contributed by atoms with Gasteiger partial charge in [-0.25, -0.2) is 0 Å². The van der Waals surface area contributed by atoms with E-state index in [4.69, 9.17) is 0 Å². The fourth-order valence-electron chi connectivity index (χ4n) is 6.20. The van der Waals surface area contributed by atoms with Crippen LogP contribution in [0.25, 0.3) is 0 Å².